The van der Waals surface area contributed by atoms with Crippen molar-refractivity contribution in [2.45, 2.75) is 26.3 Å². The van der Waals surface area contributed by atoms with E-state index in [0.717, 1.165) is 5.17 Å². The van der Waals surface area contributed by atoms with E-state index < -0.39 is 0 Å². The van der Waals surface area contributed by atoms with E-state index in [0.29, 0.717) is 0 Å². The van der Waals surface area contributed by atoms with E-state index >= 15 is 0 Å². The molecule has 0 spiro atoms. The van der Waals surface area contributed by atoms with Gasteiger partial charge in [0.1, 0.15) is 0 Å². The predicted molar refractivity (Wildman–Crippen MR) is 67.8 cm³/mol. The molecule has 14 heavy (non-hydrogen) atoms. The first-order chi connectivity index (χ1) is 6.49. The highest BCUT2D eigenvalue weighted by Crippen LogP contribution is 2.18. The van der Waals surface area contributed by atoms with Crippen LogP contribution in [0, 0.1) is 0 Å². The van der Waals surface area contributed by atoms with Crippen molar-refractivity contribution in [2.75, 3.05) is 13.3 Å². The average molecular weight is 212 g/mol. The molecule has 0 fully saturated rings. The Labute approximate surface area is 91.8 Å². The molecule has 0 aliphatic rings. The van der Waals surface area contributed by atoms with Crippen LogP contribution >= 0.6 is 11.8 Å². The number of amidine groups is 1. The van der Waals surface area contributed by atoms with Gasteiger partial charge >= 0.3 is 0 Å². The fraction of sp³-hybridized carbons (Fsp3) is 0.545. The summed E-state index contributed by atoms with van der Waals surface area (Å²) in [5.41, 5.74) is -0.0143. The largest absolute Gasteiger partial charge is 0.346 e. The molecule has 3 heteroatoms. The molecule has 0 N–H and O–H groups in total. The number of hydrogen-bond acceptors (Lipinski definition) is 2. The zero-order valence-electron chi connectivity index (χ0n) is 9.74. The minimum Gasteiger partial charge on any atom is -0.346 e. The van der Waals surface area contributed by atoms with Crippen LogP contribution in [0.25, 0.3) is 0 Å². The summed E-state index contributed by atoms with van der Waals surface area (Å²) in [5.74, 6) is 0. The molecule has 0 saturated carbocycles. The zero-order chi connectivity index (χ0) is 11.2. The Bertz CT molecular complexity index is 242. The number of thioether (sulfide) groups is 1. The number of aliphatic imine (C=N–C) groups is 1. The van der Waals surface area contributed by atoms with E-state index in [1.807, 2.05) is 20.2 Å². The highest BCUT2D eigenvalue weighted by molar-refractivity contribution is 8.13. The third-order valence-corrected chi connectivity index (χ3v) is 2.85. The first kappa shape index (κ1) is 13.3. The first-order valence-electron chi connectivity index (χ1n) is 4.60. The van der Waals surface area contributed by atoms with Crippen molar-refractivity contribution in [3.63, 3.8) is 0 Å². The Hall–Kier alpha value is -0.700. The van der Waals surface area contributed by atoms with Crippen LogP contribution in [0.5, 0.6) is 0 Å². The van der Waals surface area contributed by atoms with Crippen LogP contribution in [-0.4, -0.2) is 28.9 Å². The van der Waals surface area contributed by atoms with Gasteiger partial charge in [-0.05, 0) is 27.0 Å². The first-order valence-corrected chi connectivity index (χ1v) is 5.82. The summed E-state index contributed by atoms with van der Waals surface area (Å²) < 4.78 is 0. The maximum absolute atomic E-state index is 4.23. The van der Waals surface area contributed by atoms with Gasteiger partial charge in [0.2, 0.25) is 0 Å². The molecule has 0 heterocycles. The molecule has 0 atom stereocenters. The Kier molecular flexibility index (Phi) is 5.62. The van der Waals surface area contributed by atoms with Crippen LogP contribution < -0.4 is 0 Å². The summed E-state index contributed by atoms with van der Waals surface area (Å²) >= 11 is 1.63. The Morgan fingerprint density at radius 3 is 2.43 bits per heavy atom. The Balaban J connectivity index is 4.81. The third kappa shape index (κ3) is 3.58. The lowest BCUT2D eigenvalue weighted by molar-refractivity contribution is 0.327. The topological polar surface area (TPSA) is 15.6 Å². The van der Waals surface area contributed by atoms with E-state index in [-0.39, 0.29) is 5.54 Å². The molecule has 0 aromatic heterocycles. The highest BCUT2D eigenvalue weighted by Gasteiger charge is 2.22. The summed E-state index contributed by atoms with van der Waals surface area (Å²) in [7, 11) is 2.04. The van der Waals surface area contributed by atoms with Crippen LogP contribution in [0.4, 0.5) is 0 Å². The van der Waals surface area contributed by atoms with Crippen LogP contribution in [-0.2, 0) is 0 Å². The summed E-state index contributed by atoms with van der Waals surface area (Å²) in [6, 6.07) is 0. The van der Waals surface area contributed by atoms with Crippen LogP contribution in [0.1, 0.15) is 20.8 Å². The monoisotopic (exact) mass is 212 g/mol. The number of nitrogens with zero attached hydrogens (tertiary/aromatic N) is 2. The van der Waals surface area contributed by atoms with E-state index in [2.05, 4.69) is 42.5 Å². The smallest absolute Gasteiger partial charge is 0.163 e. The normalized spacial score (nSPS) is 13.4. The fourth-order valence-electron chi connectivity index (χ4n) is 1.12. The number of hydrogen-bond donors (Lipinski definition) is 0. The van der Waals surface area contributed by atoms with Gasteiger partial charge in [-0.1, -0.05) is 30.5 Å². The van der Waals surface area contributed by atoms with Crippen molar-refractivity contribution in [3.8, 4) is 0 Å². The standard InChI is InChI=1S/C11H20N2S/c1-7-9-11(3,4)13(5)10(14-6)12-8-2/h7-9H,2H2,1,3-6H3/b9-7-,12-10?. The highest BCUT2D eigenvalue weighted by atomic mass is 32.2. The maximum Gasteiger partial charge on any atom is 0.163 e. The van der Waals surface area contributed by atoms with Crippen LogP contribution in [0.3, 0.4) is 0 Å². The maximum atomic E-state index is 4.23. The second kappa shape index (κ2) is 5.91. The zero-order valence-corrected chi connectivity index (χ0v) is 10.6. The lowest BCUT2D eigenvalue weighted by atomic mass is 10.0. The van der Waals surface area contributed by atoms with Gasteiger partial charge in [-0.25, -0.2) is 4.99 Å². The van der Waals surface area contributed by atoms with E-state index in [1.165, 1.54) is 0 Å². The predicted octanol–water partition coefficient (Wildman–Crippen LogP) is 3.14. The van der Waals surface area contributed by atoms with Gasteiger partial charge in [0.15, 0.2) is 5.17 Å². The van der Waals surface area contributed by atoms with Crippen molar-refractivity contribution in [3.05, 3.63) is 24.9 Å². The van der Waals surface area contributed by atoms with Gasteiger partial charge < -0.3 is 4.90 Å². The van der Waals surface area contributed by atoms with Crippen molar-refractivity contribution >= 4 is 16.9 Å². The number of allylic oxidation sites excluding steroid dienone is 1. The second-order valence-corrected chi connectivity index (χ2v) is 4.28. The molecule has 0 aromatic rings. The molecule has 0 aromatic carbocycles. The van der Waals surface area contributed by atoms with Crippen LogP contribution in [0.2, 0.25) is 0 Å². The Morgan fingerprint density at radius 2 is 2.07 bits per heavy atom. The summed E-state index contributed by atoms with van der Waals surface area (Å²) in [5, 5.41) is 0.975. The third-order valence-electron chi connectivity index (χ3n) is 2.11. The molecular weight excluding hydrogens is 192 g/mol. The lowest BCUT2D eigenvalue weighted by Crippen LogP contribution is -2.42. The number of likely N-dealkylation sites (N-methyl/N-ethyl adjacent to an activating group) is 1. The molecule has 2 nitrogen and oxygen atoms in total. The lowest BCUT2D eigenvalue weighted by Gasteiger charge is -2.34. The quantitative estimate of drug-likeness (QED) is 0.406. The Morgan fingerprint density at radius 1 is 1.50 bits per heavy atom. The van der Waals surface area contributed by atoms with Gasteiger partial charge in [0, 0.05) is 13.2 Å². The van der Waals surface area contributed by atoms with Gasteiger partial charge in [-0.15, -0.1) is 0 Å². The van der Waals surface area contributed by atoms with Crippen molar-refractivity contribution < 1.29 is 0 Å². The van der Waals surface area contributed by atoms with Gasteiger partial charge in [-0.3, -0.25) is 0 Å². The minimum atomic E-state index is -0.0143. The van der Waals surface area contributed by atoms with Crippen LogP contribution in [0.15, 0.2) is 29.9 Å². The summed E-state index contributed by atoms with van der Waals surface area (Å²) in [6.07, 6.45) is 7.81. The molecule has 0 rings (SSSR count). The van der Waals surface area contributed by atoms with E-state index in [1.54, 1.807) is 18.0 Å². The molecular formula is C11H20N2S. The molecule has 0 aliphatic carbocycles. The van der Waals surface area contributed by atoms with Gasteiger partial charge in [0.25, 0.3) is 0 Å². The van der Waals surface area contributed by atoms with Gasteiger partial charge in [0.05, 0.1) is 5.54 Å². The molecule has 0 amide bonds. The van der Waals surface area contributed by atoms with Crippen molar-refractivity contribution in [2.24, 2.45) is 4.99 Å². The average Bonchev–Trinajstić information content (AvgIpc) is 2.13. The fourth-order valence-corrected chi connectivity index (χ4v) is 1.81. The van der Waals surface area contributed by atoms with E-state index in [9.17, 15) is 0 Å². The van der Waals surface area contributed by atoms with Crippen molar-refractivity contribution in [1.29, 1.82) is 0 Å². The summed E-state index contributed by atoms with van der Waals surface area (Å²) in [4.78, 5) is 6.36. The van der Waals surface area contributed by atoms with E-state index in [4.69, 9.17) is 0 Å². The minimum absolute atomic E-state index is 0.0143. The number of rotatable bonds is 3. The summed E-state index contributed by atoms with van der Waals surface area (Å²) in [6.45, 7) is 9.95. The van der Waals surface area contributed by atoms with Crippen molar-refractivity contribution in [1.82, 2.24) is 4.90 Å². The molecule has 80 valence electrons. The van der Waals surface area contributed by atoms with Gasteiger partial charge in [-0.2, -0.15) is 0 Å². The molecule has 0 saturated heterocycles. The second-order valence-electron chi connectivity index (χ2n) is 3.51. The molecule has 0 unspecified atom stereocenters. The molecule has 0 aliphatic heterocycles. The molecule has 0 bridgehead atoms. The molecule has 0 radical (unpaired) electrons. The SMILES string of the molecule is C=CN=C(SC)N(C)C(C)(C)/C=C\C.